The van der Waals surface area contributed by atoms with Gasteiger partial charge in [0.2, 0.25) is 10.0 Å². The second kappa shape index (κ2) is 8.15. The van der Waals surface area contributed by atoms with Gasteiger partial charge in [-0.25, -0.2) is 8.42 Å². The van der Waals surface area contributed by atoms with E-state index < -0.39 is 27.4 Å². The molecule has 1 aromatic carbocycles. The monoisotopic (exact) mass is 384 g/mol. The molecule has 8 nitrogen and oxygen atoms in total. The quantitative estimate of drug-likeness (QED) is 0.693. The first-order valence-corrected chi connectivity index (χ1v) is 9.90. The minimum atomic E-state index is -3.68. The molecule has 1 unspecified atom stereocenters. The Kier molecular flexibility index (Phi) is 6.38. The van der Waals surface area contributed by atoms with Gasteiger partial charge in [0, 0.05) is 25.3 Å². The van der Waals surface area contributed by atoms with Crippen molar-refractivity contribution in [2.75, 3.05) is 26.3 Å². The molecule has 0 spiro atoms. The Balaban J connectivity index is 2.26. The van der Waals surface area contributed by atoms with Crippen LogP contribution in [0.1, 0.15) is 37.0 Å². The van der Waals surface area contributed by atoms with E-state index in [0.717, 1.165) is 0 Å². The number of rotatable bonds is 8. The molecule has 144 valence electrons. The van der Waals surface area contributed by atoms with Crippen LogP contribution in [0, 0.1) is 0 Å². The number of benzene rings is 1. The van der Waals surface area contributed by atoms with Crippen LogP contribution in [0.25, 0.3) is 0 Å². The van der Waals surface area contributed by atoms with E-state index in [1.54, 1.807) is 13.8 Å². The van der Waals surface area contributed by atoms with Crippen molar-refractivity contribution in [1.29, 1.82) is 0 Å². The largest absolute Gasteiger partial charge is 0.481 e. The van der Waals surface area contributed by atoms with Gasteiger partial charge in [-0.3, -0.25) is 9.59 Å². The smallest absolute Gasteiger partial charge is 0.305 e. The zero-order valence-corrected chi connectivity index (χ0v) is 15.7. The van der Waals surface area contributed by atoms with Crippen LogP contribution in [0.2, 0.25) is 0 Å². The van der Waals surface area contributed by atoms with E-state index in [1.165, 1.54) is 28.6 Å². The summed E-state index contributed by atoms with van der Waals surface area (Å²) in [6.07, 6.45) is 0.138. The van der Waals surface area contributed by atoms with Crippen molar-refractivity contribution in [1.82, 2.24) is 9.62 Å². The van der Waals surface area contributed by atoms with Gasteiger partial charge in [-0.2, -0.15) is 4.31 Å². The number of carbonyl (C=O) groups is 2. The van der Waals surface area contributed by atoms with Crippen molar-refractivity contribution in [3.05, 3.63) is 29.8 Å². The highest BCUT2D eigenvalue weighted by molar-refractivity contribution is 7.89. The maximum absolute atomic E-state index is 12.6. The topological polar surface area (TPSA) is 113 Å². The third-order valence-electron chi connectivity index (χ3n) is 4.41. The van der Waals surface area contributed by atoms with Crippen LogP contribution < -0.4 is 5.32 Å². The van der Waals surface area contributed by atoms with E-state index in [2.05, 4.69) is 5.32 Å². The predicted octanol–water partition coefficient (Wildman–Crippen LogP) is 1.08. The van der Waals surface area contributed by atoms with Crippen molar-refractivity contribution in [3.8, 4) is 0 Å². The fraction of sp³-hybridized carbons (Fsp3) is 0.529. The van der Waals surface area contributed by atoms with E-state index in [1.807, 2.05) is 0 Å². The van der Waals surface area contributed by atoms with Gasteiger partial charge >= 0.3 is 5.97 Å². The van der Waals surface area contributed by atoms with Crippen LogP contribution in [-0.4, -0.2) is 61.5 Å². The minimum absolute atomic E-state index is 0.0313. The highest BCUT2D eigenvalue weighted by Crippen LogP contribution is 2.24. The van der Waals surface area contributed by atoms with Crippen molar-refractivity contribution in [2.45, 2.75) is 37.1 Å². The van der Waals surface area contributed by atoms with Gasteiger partial charge in [-0.1, -0.05) is 19.9 Å². The van der Waals surface area contributed by atoms with Gasteiger partial charge in [0.05, 0.1) is 23.5 Å². The van der Waals surface area contributed by atoms with E-state index in [9.17, 15) is 18.0 Å². The fourth-order valence-corrected chi connectivity index (χ4v) is 4.51. The number of amides is 1. The van der Waals surface area contributed by atoms with Gasteiger partial charge in [0.1, 0.15) is 0 Å². The number of hydrogen-bond donors (Lipinski definition) is 2. The summed E-state index contributed by atoms with van der Waals surface area (Å²) < 4.78 is 31.8. The summed E-state index contributed by atoms with van der Waals surface area (Å²) in [5, 5.41) is 11.8. The fourth-order valence-electron chi connectivity index (χ4n) is 3.00. The molecule has 26 heavy (non-hydrogen) atoms. The molecule has 0 aliphatic carbocycles. The minimum Gasteiger partial charge on any atom is -0.481 e. The van der Waals surface area contributed by atoms with Gasteiger partial charge in [-0.15, -0.1) is 0 Å². The Labute approximate surface area is 153 Å². The number of sulfonamides is 1. The number of hydrogen-bond acceptors (Lipinski definition) is 5. The van der Waals surface area contributed by atoms with Crippen LogP contribution in [0.4, 0.5) is 0 Å². The lowest BCUT2D eigenvalue weighted by Crippen LogP contribution is -2.50. The zero-order chi connectivity index (χ0) is 19.4. The van der Waals surface area contributed by atoms with E-state index in [4.69, 9.17) is 9.84 Å². The van der Waals surface area contributed by atoms with Crippen LogP contribution in [0.15, 0.2) is 29.2 Å². The van der Waals surface area contributed by atoms with Crippen molar-refractivity contribution in [3.63, 3.8) is 0 Å². The van der Waals surface area contributed by atoms with E-state index in [-0.39, 0.29) is 23.5 Å². The summed E-state index contributed by atoms with van der Waals surface area (Å²) in [5.74, 6) is -1.55. The van der Waals surface area contributed by atoms with Crippen molar-refractivity contribution >= 4 is 21.9 Å². The molecule has 0 radical (unpaired) electrons. The zero-order valence-electron chi connectivity index (χ0n) is 14.9. The summed E-state index contributed by atoms with van der Waals surface area (Å²) in [6.45, 7) is 4.62. The van der Waals surface area contributed by atoms with E-state index in [0.29, 0.717) is 26.1 Å². The molecule has 1 fully saturated rings. The third-order valence-corrected chi connectivity index (χ3v) is 6.46. The summed E-state index contributed by atoms with van der Waals surface area (Å²) in [7, 11) is -3.68. The lowest BCUT2D eigenvalue weighted by atomic mass is 9.94. The van der Waals surface area contributed by atoms with Gasteiger partial charge in [0.15, 0.2) is 0 Å². The molecule has 0 saturated carbocycles. The molecule has 1 aliphatic rings. The number of nitrogens with zero attached hydrogens (tertiary/aromatic N) is 1. The molecule has 2 N–H and O–H groups in total. The molecule has 1 atom stereocenters. The number of aliphatic carboxylic acids is 1. The first kappa shape index (κ1) is 20.3. The van der Waals surface area contributed by atoms with Crippen LogP contribution >= 0.6 is 0 Å². The molecular formula is C17H24N2O6S. The number of carboxylic acids is 1. The van der Waals surface area contributed by atoms with Gasteiger partial charge in [0.25, 0.3) is 5.91 Å². The Morgan fingerprint density at radius 1 is 1.31 bits per heavy atom. The molecular weight excluding hydrogens is 360 g/mol. The Morgan fingerprint density at radius 2 is 2.00 bits per heavy atom. The summed E-state index contributed by atoms with van der Waals surface area (Å²) >= 11 is 0. The van der Waals surface area contributed by atoms with Gasteiger partial charge in [-0.05, 0) is 24.6 Å². The maximum atomic E-state index is 12.6. The Hall–Kier alpha value is -1.97. The van der Waals surface area contributed by atoms with Crippen molar-refractivity contribution in [2.24, 2.45) is 0 Å². The molecule has 0 bridgehead atoms. The summed E-state index contributed by atoms with van der Waals surface area (Å²) in [4.78, 5) is 23.8. The summed E-state index contributed by atoms with van der Waals surface area (Å²) in [5.41, 5.74) is -0.814. The normalized spacial score (nSPS) is 20.3. The average molecular weight is 384 g/mol. The molecule has 1 aliphatic heterocycles. The average Bonchev–Trinajstić information content (AvgIpc) is 3.03. The molecule has 2 rings (SSSR count). The standard InChI is InChI=1S/C17H24N2O6S/c1-3-19(4-2)26(23,24)14-7-5-6-13(10-14)16(22)18-17(11-15(20)21)8-9-25-12-17/h5-7,10H,3-4,8-9,11-12H2,1-2H3,(H,18,22)(H,20,21). The lowest BCUT2D eigenvalue weighted by Gasteiger charge is -2.27. The van der Waals surface area contributed by atoms with Gasteiger partial charge < -0.3 is 15.2 Å². The molecule has 9 heteroatoms. The predicted molar refractivity (Wildman–Crippen MR) is 94.4 cm³/mol. The third kappa shape index (κ3) is 4.40. The number of nitrogens with one attached hydrogen (secondary N) is 1. The second-order valence-corrected chi connectivity index (χ2v) is 8.16. The number of carbonyl (C=O) groups excluding carboxylic acids is 1. The molecule has 1 aromatic rings. The first-order chi connectivity index (χ1) is 12.2. The van der Waals surface area contributed by atoms with Crippen LogP contribution in [0.3, 0.4) is 0 Å². The molecule has 0 aromatic heterocycles. The Bertz CT molecular complexity index is 767. The number of carboxylic acid groups (broad SMARTS) is 1. The van der Waals surface area contributed by atoms with E-state index >= 15 is 0 Å². The molecule has 1 amide bonds. The lowest BCUT2D eigenvalue weighted by molar-refractivity contribution is -0.138. The molecule has 1 saturated heterocycles. The first-order valence-electron chi connectivity index (χ1n) is 8.46. The Morgan fingerprint density at radius 3 is 2.54 bits per heavy atom. The van der Waals surface area contributed by atoms with Crippen molar-refractivity contribution < 1.29 is 27.9 Å². The highest BCUT2D eigenvalue weighted by atomic mass is 32.2. The highest BCUT2D eigenvalue weighted by Gasteiger charge is 2.39. The van der Waals surface area contributed by atoms with Crippen LogP contribution in [0.5, 0.6) is 0 Å². The number of ether oxygens (including phenoxy) is 1. The summed E-state index contributed by atoms with van der Waals surface area (Å²) in [6, 6.07) is 5.75. The second-order valence-electron chi connectivity index (χ2n) is 6.22. The SMILES string of the molecule is CCN(CC)S(=O)(=O)c1cccc(C(=O)NC2(CC(=O)O)CCOC2)c1. The maximum Gasteiger partial charge on any atom is 0.305 e. The molecule has 1 heterocycles. The van der Waals surface area contributed by atoms with Crippen LogP contribution in [-0.2, 0) is 19.6 Å².